The highest BCUT2D eigenvalue weighted by atomic mass is 16.7. The van der Waals surface area contributed by atoms with Gasteiger partial charge in [0, 0.05) is 6.61 Å². The van der Waals surface area contributed by atoms with E-state index in [1.807, 2.05) is 0 Å². The van der Waals surface area contributed by atoms with E-state index in [-0.39, 0.29) is 42.3 Å². The highest BCUT2D eigenvalue weighted by Gasteiger charge is 2.68. The number of aliphatic hydroxyl groups excluding tert-OH is 4. The maximum Gasteiger partial charge on any atom is 0.303 e. The summed E-state index contributed by atoms with van der Waals surface area (Å²) in [6, 6.07) is -0.906. The van der Waals surface area contributed by atoms with E-state index < -0.39 is 54.2 Å². The van der Waals surface area contributed by atoms with E-state index in [9.17, 15) is 35.4 Å². The summed E-state index contributed by atoms with van der Waals surface area (Å²) in [5.41, 5.74) is 4.92. The Bertz CT molecular complexity index is 904. The van der Waals surface area contributed by atoms with E-state index in [2.05, 4.69) is 13.8 Å². The van der Waals surface area contributed by atoms with Gasteiger partial charge in [-0.05, 0) is 98.2 Å². The minimum atomic E-state index is -1.26. The Morgan fingerprint density at radius 1 is 1.03 bits per heavy atom. The summed E-state index contributed by atoms with van der Waals surface area (Å²) in [6.45, 7) is 3.91. The van der Waals surface area contributed by atoms with Gasteiger partial charge < -0.3 is 45.8 Å². The van der Waals surface area contributed by atoms with Crippen LogP contribution in [0.2, 0.25) is 0 Å². The molecule has 10 nitrogen and oxygen atoms in total. The number of nitrogens with two attached hydrogens (primary N) is 1. The number of aliphatic carboxylic acids is 1. The van der Waals surface area contributed by atoms with Crippen LogP contribution in [0.25, 0.3) is 0 Å². The Labute approximate surface area is 230 Å². The number of aliphatic hydroxyl groups is 5. The first-order chi connectivity index (χ1) is 18.4. The third-order valence-corrected chi connectivity index (χ3v) is 12.4. The zero-order chi connectivity index (χ0) is 28.3. The first-order valence-electron chi connectivity index (χ1n) is 15.0. The van der Waals surface area contributed by atoms with Crippen molar-refractivity contribution in [2.24, 2.45) is 46.2 Å². The van der Waals surface area contributed by atoms with Gasteiger partial charge in [-0.15, -0.1) is 0 Å². The van der Waals surface area contributed by atoms with Gasteiger partial charge in [0.15, 0.2) is 6.29 Å². The largest absolute Gasteiger partial charge is 0.481 e. The number of rotatable bonds is 7. The molecule has 0 bridgehead atoms. The number of carboxylic acids is 1. The summed E-state index contributed by atoms with van der Waals surface area (Å²) in [6.07, 6.45) is 3.18. The van der Waals surface area contributed by atoms with Crippen LogP contribution in [-0.4, -0.2) is 92.2 Å². The predicted molar refractivity (Wildman–Crippen MR) is 140 cm³/mol. The van der Waals surface area contributed by atoms with Gasteiger partial charge in [-0.3, -0.25) is 4.79 Å². The van der Waals surface area contributed by atoms with Gasteiger partial charge in [-0.1, -0.05) is 13.8 Å². The molecule has 8 N–H and O–H groups in total. The second kappa shape index (κ2) is 10.8. The maximum atomic E-state index is 12.4. The lowest BCUT2D eigenvalue weighted by Crippen LogP contribution is -2.64. The SMILES string of the molecule is C[C@]12CC[C@H](O[C@@H]3O[C@H](CO)[C@@H](O)[C@H](O)[C@H]3N)C[C@H]1CC[C@@H]1[C@@H]2CC[C@]2(C)[C@@H]([C@H](CO)CC(=O)O)CC[C@]12O. The van der Waals surface area contributed by atoms with E-state index in [4.69, 9.17) is 15.2 Å². The fourth-order valence-corrected chi connectivity index (χ4v) is 10.1. The summed E-state index contributed by atoms with van der Waals surface area (Å²) >= 11 is 0. The average molecular weight is 556 g/mol. The van der Waals surface area contributed by atoms with E-state index in [0.717, 1.165) is 51.4 Å². The second-order valence-corrected chi connectivity index (χ2v) is 13.9. The standard InChI is InChI=1S/C29H49NO9/c1-27-8-5-17(38-26-23(30)25(36)24(35)21(14-32)39-26)12-16(27)3-4-20-19(27)6-9-28(2)18(7-10-29(20,28)37)15(13-31)11-22(33)34/h15-21,23-26,31-32,35-37H,3-14,30H2,1-2H3,(H,33,34)/t15-,16+,17-,18+,19-,20+,21+,23+,24+,25+,26+,27-,28+,29-/m0/s1. The van der Waals surface area contributed by atoms with Crippen LogP contribution in [0.3, 0.4) is 0 Å². The van der Waals surface area contributed by atoms with Crippen LogP contribution in [0.15, 0.2) is 0 Å². The Balaban J connectivity index is 1.28. The molecule has 39 heavy (non-hydrogen) atoms. The van der Waals surface area contributed by atoms with Crippen molar-refractivity contribution in [3.8, 4) is 0 Å². The van der Waals surface area contributed by atoms with Crippen molar-refractivity contribution in [3.05, 3.63) is 0 Å². The number of carboxylic acid groups (broad SMARTS) is 1. The molecule has 4 aliphatic carbocycles. The predicted octanol–water partition coefficient (Wildman–Crippen LogP) is 0.995. The molecule has 1 saturated heterocycles. The van der Waals surface area contributed by atoms with Crippen molar-refractivity contribution in [2.75, 3.05) is 13.2 Å². The molecule has 1 aliphatic heterocycles. The molecule has 5 aliphatic rings. The molecule has 14 atom stereocenters. The molecular weight excluding hydrogens is 506 g/mol. The molecule has 0 aromatic rings. The second-order valence-electron chi connectivity index (χ2n) is 13.9. The van der Waals surface area contributed by atoms with Crippen LogP contribution >= 0.6 is 0 Å². The van der Waals surface area contributed by atoms with E-state index in [1.165, 1.54) is 0 Å². The normalized spacial score (nSPS) is 52.4. The zero-order valence-corrected chi connectivity index (χ0v) is 23.3. The molecule has 0 aromatic heterocycles. The fourth-order valence-electron chi connectivity index (χ4n) is 10.1. The highest BCUT2D eigenvalue weighted by Crippen LogP contribution is 2.70. The Morgan fingerprint density at radius 2 is 1.77 bits per heavy atom. The van der Waals surface area contributed by atoms with E-state index >= 15 is 0 Å². The van der Waals surface area contributed by atoms with Crippen LogP contribution in [0, 0.1) is 40.4 Å². The van der Waals surface area contributed by atoms with Crippen molar-refractivity contribution in [3.63, 3.8) is 0 Å². The molecule has 5 fully saturated rings. The third-order valence-electron chi connectivity index (χ3n) is 12.4. The van der Waals surface area contributed by atoms with E-state index in [0.29, 0.717) is 18.3 Å². The molecule has 224 valence electrons. The zero-order valence-electron chi connectivity index (χ0n) is 23.3. The lowest BCUT2D eigenvalue weighted by Gasteiger charge is -2.64. The number of carbonyl (C=O) groups is 1. The lowest BCUT2D eigenvalue weighted by molar-refractivity contribution is -0.286. The molecule has 1 heterocycles. The van der Waals surface area contributed by atoms with Crippen LogP contribution in [0.4, 0.5) is 0 Å². The van der Waals surface area contributed by atoms with Crippen LogP contribution in [0.1, 0.15) is 78.1 Å². The first kappa shape index (κ1) is 29.6. The molecular formula is C29H49NO9. The van der Waals surface area contributed by atoms with E-state index in [1.54, 1.807) is 0 Å². The molecule has 0 unspecified atom stereocenters. The average Bonchev–Trinajstić information content (AvgIpc) is 3.18. The smallest absolute Gasteiger partial charge is 0.303 e. The highest BCUT2D eigenvalue weighted by molar-refractivity contribution is 5.67. The molecule has 10 heteroatoms. The van der Waals surface area contributed by atoms with Gasteiger partial charge in [-0.2, -0.15) is 0 Å². The van der Waals surface area contributed by atoms with Gasteiger partial charge in [0.1, 0.15) is 18.3 Å². The quantitative estimate of drug-likeness (QED) is 0.224. The van der Waals surface area contributed by atoms with Crippen LogP contribution < -0.4 is 5.73 Å². The number of fused-ring (bicyclic) bond motifs is 5. The molecule has 0 spiro atoms. The molecule has 5 rings (SSSR count). The monoisotopic (exact) mass is 555 g/mol. The molecule has 0 amide bonds. The summed E-state index contributed by atoms with van der Waals surface area (Å²) in [5.74, 6) is -0.313. The topological polar surface area (TPSA) is 183 Å². The number of ether oxygens (including phenoxy) is 2. The lowest BCUT2D eigenvalue weighted by atomic mass is 9.43. The number of hydrogen-bond donors (Lipinski definition) is 7. The van der Waals surface area contributed by atoms with Crippen molar-refractivity contribution >= 4 is 5.97 Å². The van der Waals surface area contributed by atoms with Gasteiger partial charge in [0.25, 0.3) is 0 Å². The number of hydrogen-bond acceptors (Lipinski definition) is 9. The molecule has 0 aromatic carbocycles. The summed E-state index contributed by atoms with van der Waals surface area (Å²) < 4.78 is 12.0. The summed E-state index contributed by atoms with van der Waals surface area (Å²) in [4.78, 5) is 11.5. The van der Waals surface area contributed by atoms with Gasteiger partial charge in [0.2, 0.25) is 0 Å². The molecule has 4 saturated carbocycles. The van der Waals surface area contributed by atoms with Crippen molar-refractivity contribution in [1.82, 2.24) is 0 Å². The fraction of sp³-hybridized carbons (Fsp3) is 0.966. The van der Waals surface area contributed by atoms with Gasteiger partial charge in [-0.25, -0.2) is 0 Å². The minimum Gasteiger partial charge on any atom is -0.481 e. The van der Waals surface area contributed by atoms with Gasteiger partial charge in [0.05, 0.1) is 30.8 Å². The van der Waals surface area contributed by atoms with Crippen molar-refractivity contribution < 1.29 is 44.9 Å². The third kappa shape index (κ3) is 4.67. The van der Waals surface area contributed by atoms with Crippen LogP contribution in [0.5, 0.6) is 0 Å². The summed E-state index contributed by atoms with van der Waals surface area (Å²) in [7, 11) is 0. The first-order valence-corrected chi connectivity index (χ1v) is 15.0. The molecule has 0 radical (unpaired) electrons. The van der Waals surface area contributed by atoms with Crippen molar-refractivity contribution in [1.29, 1.82) is 0 Å². The Kier molecular flexibility index (Phi) is 8.18. The Hall–Kier alpha value is -0.850. The van der Waals surface area contributed by atoms with Crippen LogP contribution in [-0.2, 0) is 14.3 Å². The van der Waals surface area contributed by atoms with Gasteiger partial charge >= 0.3 is 5.97 Å². The van der Waals surface area contributed by atoms with Crippen molar-refractivity contribution in [2.45, 2.75) is 120 Å². The maximum absolute atomic E-state index is 12.4. The minimum absolute atomic E-state index is 0.00414. The Morgan fingerprint density at radius 3 is 2.44 bits per heavy atom. The summed E-state index contributed by atoms with van der Waals surface area (Å²) in [5, 5.41) is 61.8.